The zero-order chi connectivity index (χ0) is 30.2. The van der Waals surface area contributed by atoms with Crippen LogP contribution in [-0.2, 0) is 15.6 Å². The molecular weight excluding hydrogens is 599 g/mol. The standard InChI is InChI=1S/C21H15F8N6O5P/c22-12-4-2-1-3-11(12)9-35-16(14-5-6-39-34-14)7-15(33-35)18-30-8-13(23)17(32-18)31-10-19(20(24,25)26,21(27,28)29)40-41(36,37)38/h1-8H,9-10H2,(H,30,31,32)(H2,36,37,38). The summed E-state index contributed by atoms with van der Waals surface area (Å²) in [5.41, 5.74) is -5.09. The van der Waals surface area contributed by atoms with Gasteiger partial charge in [-0.25, -0.2) is 23.3 Å². The molecule has 0 aliphatic carbocycles. The Morgan fingerprint density at radius 2 is 1.68 bits per heavy atom. The number of phosphoric acid groups is 1. The molecule has 0 aliphatic rings. The van der Waals surface area contributed by atoms with Crippen molar-refractivity contribution >= 4 is 13.6 Å². The van der Waals surface area contributed by atoms with Crippen molar-refractivity contribution in [3.8, 4) is 22.9 Å². The van der Waals surface area contributed by atoms with Crippen LogP contribution in [0.25, 0.3) is 22.9 Å². The second-order valence-electron chi connectivity index (χ2n) is 8.20. The molecule has 220 valence electrons. The fraction of sp³-hybridized carbons (Fsp3) is 0.238. The van der Waals surface area contributed by atoms with Crippen LogP contribution < -0.4 is 5.32 Å². The Bertz CT molecular complexity index is 1560. The van der Waals surface area contributed by atoms with Crippen LogP contribution in [0.15, 0.2) is 53.4 Å². The molecule has 1 aromatic carbocycles. The van der Waals surface area contributed by atoms with E-state index in [-0.39, 0.29) is 29.2 Å². The SMILES string of the molecule is O=P(O)(O)OC(CNc1nc(-c2cc(-c3ccon3)n(Cc3ccccc3F)n2)ncc1F)(C(F)(F)F)C(F)(F)F. The average Bonchev–Trinajstić information content (AvgIpc) is 3.52. The number of alkyl halides is 6. The van der Waals surface area contributed by atoms with Gasteiger partial charge in [0.1, 0.15) is 23.5 Å². The molecule has 0 atom stereocenters. The molecule has 0 saturated heterocycles. The number of benzene rings is 1. The topological polar surface area (TPSA) is 148 Å². The summed E-state index contributed by atoms with van der Waals surface area (Å²) in [7, 11) is -6.39. The third kappa shape index (κ3) is 6.37. The predicted molar refractivity (Wildman–Crippen MR) is 121 cm³/mol. The zero-order valence-corrected chi connectivity index (χ0v) is 20.8. The summed E-state index contributed by atoms with van der Waals surface area (Å²) in [4.78, 5) is 24.8. The Labute approximate surface area is 223 Å². The number of aromatic nitrogens is 5. The van der Waals surface area contributed by atoms with E-state index in [0.29, 0.717) is 6.20 Å². The largest absolute Gasteiger partial charge is 0.470 e. The first-order valence-electron chi connectivity index (χ1n) is 10.9. The second kappa shape index (κ2) is 10.8. The molecule has 11 nitrogen and oxygen atoms in total. The normalized spacial score (nSPS) is 13.0. The van der Waals surface area contributed by atoms with Crippen LogP contribution in [0.5, 0.6) is 0 Å². The van der Waals surface area contributed by atoms with Crippen molar-refractivity contribution in [2.45, 2.75) is 24.5 Å². The van der Waals surface area contributed by atoms with Crippen LogP contribution >= 0.6 is 7.82 Å². The maximum absolute atomic E-state index is 14.4. The van der Waals surface area contributed by atoms with Gasteiger partial charge in [-0.3, -0.25) is 9.21 Å². The molecule has 0 bridgehead atoms. The molecule has 0 radical (unpaired) electrons. The van der Waals surface area contributed by atoms with E-state index in [9.17, 15) is 39.7 Å². The number of nitrogens with zero attached hydrogens (tertiary/aromatic N) is 5. The quantitative estimate of drug-likeness (QED) is 0.179. The van der Waals surface area contributed by atoms with Crippen molar-refractivity contribution in [1.29, 1.82) is 0 Å². The average molecular weight is 614 g/mol. The predicted octanol–water partition coefficient (Wildman–Crippen LogP) is 4.71. The van der Waals surface area contributed by atoms with E-state index in [1.807, 2.05) is 0 Å². The summed E-state index contributed by atoms with van der Waals surface area (Å²) in [6, 6.07) is 8.32. The smallest absolute Gasteiger partial charge is 0.364 e. The van der Waals surface area contributed by atoms with E-state index in [0.717, 1.165) is 0 Å². The minimum absolute atomic E-state index is 0.176. The molecule has 0 spiro atoms. The van der Waals surface area contributed by atoms with Crippen molar-refractivity contribution in [2.75, 3.05) is 11.9 Å². The summed E-state index contributed by atoms with van der Waals surface area (Å²) in [6.07, 6.45) is -11.2. The van der Waals surface area contributed by atoms with Crippen LogP contribution in [0.1, 0.15) is 5.56 Å². The van der Waals surface area contributed by atoms with Crippen LogP contribution in [-0.4, -0.2) is 59.2 Å². The van der Waals surface area contributed by atoms with E-state index in [1.165, 1.54) is 46.6 Å². The summed E-state index contributed by atoms with van der Waals surface area (Å²) >= 11 is 0. The molecule has 0 fully saturated rings. The van der Waals surface area contributed by atoms with Crippen LogP contribution in [0, 0.1) is 11.6 Å². The molecule has 3 aromatic heterocycles. The maximum atomic E-state index is 14.4. The highest BCUT2D eigenvalue weighted by molar-refractivity contribution is 7.46. The number of hydrogen-bond acceptors (Lipinski definition) is 8. The summed E-state index contributed by atoms with van der Waals surface area (Å²) in [5, 5.41) is 9.38. The molecule has 0 aliphatic heterocycles. The van der Waals surface area contributed by atoms with Crippen LogP contribution in [0.2, 0.25) is 0 Å². The number of halogens is 8. The van der Waals surface area contributed by atoms with Gasteiger partial charge in [0, 0.05) is 11.6 Å². The number of phosphoric ester groups is 1. The molecule has 41 heavy (non-hydrogen) atoms. The van der Waals surface area contributed by atoms with Gasteiger partial charge in [-0.2, -0.15) is 31.4 Å². The Morgan fingerprint density at radius 3 is 2.27 bits per heavy atom. The zero-order valence-electron chi connectivity index (χ0n) is 19.9. The lowest BCUT2D eigenvalue weighted by atomic mass is 10.0. The Morgan fingerprint density at radius 1 is 1.00 bits per heavy atom. The van der Waals surface area contributed by atoms with E-state index in [1.54, 1.807) is 6.07 Å². The Balaban J connectivity index is 1.72. The first kappa shape index (κ1) is 30.0. The summed E-state index contributed by atoms with van der Waals surface area (Å²) in [5.74, 6) is -3.83. The third-order valence-corrected chi connectivity index (χ3v) is 5.98. The summed E-state index contributed by atoms with van der Waals surface area (Å²) < 4.78 is 130. The van der Waals surface area contributed by atoms with E-state index in [4.69, 9.17) is 14.3 Å². The minimum Gasteiger partial charge on any atom is -0.364 e. The molecule has 0 saturated carbocycles. The van der Waals surface area contributed by atoms with Crippen molar-refractivity contribution in [1.82, 2.24) is 24.9 Å². The highest BCUT2D eigenvalue weighted by atomic mass is 31.2. The molecule has 4 aromatic rings. The highest BCUT2D eigenvalue weighted by Gasteiger charge is 2.74. The van der Waals surface area contributed by atoms with E-state index >= 15 is 0 Å². The number of hydrogen-bond donors (Lipinski definition) is 3. The van der Waals surface area contributed by atoms with Crippen LogP contribution in [0.4, 0.5) is 40.9 Å². The second-order valence-corrected chi connectivity index (χ2v) is 9.36. The summed E-state index contributed by atoms with van der Waals surface area (Å²) in [6.45, 7) is -2.62. The molecule has 0 amide bonds. The van der Waals surface area contributed by atoms with Gasteiger partial charge in [0.15, 0.2) is 17.5 Å². The lowest BCUT2D eigenvalue weighted by Crippen LogP contribution is -2.62. The Kier molecular flexibility index (Phi) is 7.92. The first-order chi connectivity index (χ1) is 19.0. The fourth-order valence-electron chi connectivity index (χ4n) is 3.51. The fourth-order valence-corrected chi connectivity index (χ4v) is 4.19. The molecule has 20 heteroatoms. The van der Waals surface area contributed by atoms with Gasteiger partial charge < -0.3 is 19.6 Å². The number of anilines is 1. The van der Waals surface area contributed by atoms with Crippen LogP contribution in [0.3, 0.4) is 0 Å². The lowest BCUT2D eigenvalue weighted by molar-refractivity contribution is -0.355. The Hall–Kier alpha value is -3.93. The van der Waals surface area contributed by atoms with Gasteiger partial charge in [0.05, 0.1) is 25.0 Å². The van der Waals surface area contributed by atoms with Crippen molar-refractivity contribution in [3.63, 3.8) is 0 Å². The number of rotatable bonds is 9. The van der Waals surface area contributed by atoms with Crippen molar-refractivity contribution in [3.05, 3.63) is 66.1 Å². The first-order valence-corrected chi connectivity index (χ1v) is 12.4. The van der Waals surface area contributed by atoms with Gasteiger partial charge in [-0.05, 0) is 12.1 Å². The molecule has 0 unspecified atom stereocenters. The van der Waals surface area contributed by atoms with Gasteiger partial charge in [0.2, 0.25) is 0 Å². The van der Waals surface area contributed by atoms with Gasteiger partial charge in [0.25, 0.3) is 5.60 Å². The lowest BCUT2D eigenvalue weighted by Gasteiger charge is -2.36. The van der Waals surface area contributed by atoms with Gasteiger partial charge >= 0.3 is 20.2 Å². The van der Waals surface area contributed by atoms with E-state index < -0.39 is 55.6 Å². The molecule has 3 heterocycles. The minimum atomic E-state index is -6.43. The maximum Gasteiger partial charge on any atom is 0.470 e. The highest BCUT2D eigenvalue weighted by Crippen LogP contribution is 2.54. The van der Waals surface area contributed by atoms with Crippen molar-refractivity contribution in [2.24, 2.45) is 0 Å². The number of nitrogens with one attached hydrogen (secondary N) is 1. The molecule has 4 rings (SSSR count). The van der Waals surface area contributed by atoms with Crippen molar-refractivity contribution < 1.29 is 58.5 Å². The monoisotopic (exact) mass is 614 g/mol. The third-order valence-electron chi connectivity index (χ3n) is 5.43. The van der Waals surface area contributed by atoms with E-state index in [2.05, 4.69) is 24.7 Å². The molecule has 3 N–H and O–H groups in total. The van der Waals surface area contributed by atoms with Gasteiger partial charge in [-0.1, -0.05) is 23.4 Å². The van der Waals surface area contributed by atoms with Gasteiger partial charge in [-0.15, -0.1) is 0 Å². The molecular formula is C21H15F8N6O5P.